The van der Waals surface area contributed by atoms with Crippen molar-refractivity contribution in [1.29, 1.82) is 0 Å². The lowest BCUT2D eigenvalue weighted by Gasteiger charge is -2.27. The van der Waals surface area contributed by atoms with Gasteiger partial charge in [0.15, 0.2) is 5.78 Å². The van der Waals surface area contributed by atoms with Crippen molar-refractivity contribution in [3.05, 3.63) is 58.2 Å². The first-order chi connectivity index (χ1) is 17.9. The van der Waals surface area contributed by atoms with E-state index in [2.05, 4.69) is 26.2 Å². The summed E-state index contributed by atoms with van der Waals surface area (Å²) < 4.78 is 11.1. The number of hydrogen-bond acceptors (Lipinski definition) is 7. The van der Waals surface area contributed by atoms with Crippen molar-refractivity contribution in [3.63, 3.8) is 0 Å². The molecule has 1 aromatic heterocycles. The molecule has 10 heteroatoms. The molecule has 0 aliphatic heterocycles. The van der Waals surface area contributed by atoms with Gasteiger partial charge < -0.3 is 14.8 Å². The Hall–Kier alpha value is -3.27. The second kappa shape index (κ2) is 14.6. The molecule has 1 atom stereocenters. The fraction of sp³-hybridized carbons (Fsp3) is 0.464. The summed E-state index contributed by atoms with van der Waals surface area (Å²) in [6.45, 7) is 7.31. The van der Waals surface area contributed by atoms with Gasteiger partial charge in [-0.25, -0.2) is 9.78 Å². The molecule has 38 heavy (non-hydrogen) atoms. The zero-order valence-electron chi connectivity index (χ0n) is 22.6. The Balaban J connectivity index is 1.92. The monoisotopic (exact) mass is 589 g/mol. The van der Waals surface area contributed by atoms with Gasteiger partial charge in [0.1, 0.15) is 11.4 Å². The van der Waals surface area contributed by atoms with E-state index in [1.54, 1.807) is 33.0 Å². The predicted octanol–water partition coefficient (Wildman–Crippen LogP) is 5.10. The van der Waals surface area contributed by atoms with Crippen LogP contribution < -0.4 is 10.2 Å². The number of Topliss-reactive ketones (excluding diaryl/α,β-unsaturated/α-hetero) is 1. The normalized spacial score (nSPS) is 11.8. The number of aromatic nitrogens is 1. The van der Waals surface area contributed by atoms with Crippen LogP contribution in [0, 0.1) is 6.92 Å². The van der Waals surface area contributed by atoms with Crippen molar-refractivity contribution in [2.75, 3.05) is 25.1 Å². The molecule has 0 aliphatic carbocycles. The summed E-state index contributed by atoms with van der Waals surface area (Å²) in [4.78, 5) is 55.5. The predicted molar refractivity (Wildman–Crippen MR) is 148 cm³/mol. The molecule has 1 heterocycles. The Bertz CT molecular complexity index is 1130. The average molecular weight is 591 g/mol. The smallest absolute Gasteiger partial charge is 0.416 e. The number of ketones is 1. The van der Waals surface area contributed by atoms with Crippen molar-refractivity contribution in [1.82, 2.24) is 10.3 Å². The number of ether oxygens (including phenoxy) is 2. The van der Waals surface area contributed by atoms with Gasteiger partial charge in [-0.05, 0) is 69.5 Å². The number of methoxy groups -OCH3 is 1. The largest absolute Gasteiger partial charge is 0.469 e. The van der Waals surface area contributed by atoms with Crippen LogP contribution in [0.5, 0.6) is 0 Å². The zero-order valence-corrected chi connectivity index (χ0v) is 24.2. The Morgan fingerprint density at radius 2 is 1.84 bits per heavy atom. The summed E-state index contributed by atoms with van der Waals surface area (Å²) in [6.07, 6.45) is 1.66. The number of hydrogen-bond donors (Lipinski definition) is 1. The third-order valence-electron chi connectivity index (χ3n) is 5.49. The van der Waals surface area contributed by atoms with E-state index in [-0.39, 0.29) is 50.0 Å². The summed E-state index contributed by atoms with van der Waals surface area (Å²) in [5, 5.41) is 2.64. The summed E-state index contributed by atoms with van der Waals surface area (Å²) >= 11 is 3.41. The summed E-state index contributed by atoms with van der Waals surface area (Å²) in [5.74, 6) is -0.852. The Morgan fingerprint density at radius 1 is 1.11 bits per heavy atom. The van der Waals surface area contributed by atoms with Gasteiger partial charge in [0.25, 0.3) is 0 Å². The fourth-order valence-electron chi connectivity index (χ4n) is 3.67. The van der Waals surface area contributed by atoms with Gasteiger partial charge in [0.2, 0.25) is 5.91 Å². The molecule has 2 amide bonds. The fourth-order valence-corrected chi connectivity index (χ4v) is 4.08. The molecule has 0 saturated carbocycles. The number of halogens is 1. The maximum absolute atomic E-state index is 12.8. The highest BCUT2D eigenvalue weighted by atomic mass is 79.9. The zero-order chi connectivity index (χ0) is 28.3. The molecular weight excluding hydrogens is 554 g/mol. The van der Waals surface area contributed by atoms with Crippen molar-refractivity contribution in [3.8, 4) is 0 Å². The molecule has 1 aromatic carbocycles. The molecule has 9 nitrogen and oxygen atoms in total. The van der Waals surface area contributed by atoms with Gasteiger partial charge in [0, 0.05) is 36.0 Å². The van der Waals surface area contributed by atoms with Crippen molar-refractivity contribution >= 4 is 45.5 Å². The van der Waals surface area contributed by atoms with E-state index in [0.717, 1.165) is 15.6 Å². The number of benzene rings is 1. The first-order valence-corrected chi connectivity index (χ1v) is 13.2. The highest BCUT2D eigenvalue weighted by Gasteiger charge is 2.25. The van der Waals surface area contributed by atoms with Gasteiger partial charge in [-0.15, -0.1) is 0 Å². The van der Waals surface area contributed by atoms with Crippen LogP contribution in [0.2, 0.25) is 0 Å². The number of rotatable bonds is 12. The van der Waals surface area contributed by atoms with Crippen molar-refractivity contribution in [2.45, 2.75) is 64.9 Å². The van der Waals surface area contributed by atoms with Crippen LogP contribution in [-0.2, 0) is 23.9 Å². The summed E-state index contributed by atoms with van der Waals surface area (Å²) in [6, 6.07) is 11.0. The van der Waals surface area contributed by atoms with Gasteiger partial charge in [-0.2, -0.15) is 0 Å². The van der Waals surface area contributed by atoms with Crippen LogP contribution in [0.15, 0.2) is 47.1 Å². The molecular formula is C28H36BrN3O6. The lowest BCUT2D eigenvalue weighted by molar-refractivity contribution is -0.141. The summed E-state index contributed by atoms with van der Waals surface area (Å²) in [5.41, 5.74) is 1.09. The topological polar surface area (TPSA) is 115 Å². The number of amides is 2. The van der Waals surface area contributed by atoms with Crippen molar-refractivity contribution < 1.29 is 28.7 Å². The minimum absolute atomic E-state index is 0.0557. The standard InChI is InChI=1S/C28H36BrN3O6/c1-19-11-12-30-24(14-19)32(27(36)38-28(2,3)4)13-7-10-25(34)31-18-23(33)16-21(17-26(35)37-5)20-8-6-9-22(29)15-20/h6,8-9,11-12,14-15,21H,7,10,13,16-18H2,1-5H3,(H,31,34)/t21-/m0/s1. The Kier molecular flexibility index (Phi) is 11.9. The molecule has 2 rings (SSSR count). The van der Waals surface area contributed by atoms with Crippen LogP contribution in [0.1, 0.15) is 63.5 Å². The molecule has 0 spiro atoms. The maximum Gasteiger partial charge on any atom is 0.416 e. The molecule has 0 radical (unpaired) electrons. The average Bonchev–Trinajstić information content (AvgIpc) is 2.83. The molecule has 0 bridgehead atoms. The highest BCUT2D eigenvalue weighted by molar-refractivity contribution is 9.10. The van der Waals surface area contributed by atoms with E-state index in [1.165, 1.54) is 12.0 Å². The first-order valence-electron chi connectivity index (χ1n) is 12.4. The second-order valence-corrected chi connectivity index (χ2v) is 10.9. The molecule has 0 fully saturated rings. The van der Waals surface area contributed by atoms with E-state index in [1.807, 2.05) is 37.3 Å². The maximum atomic E-state index is 12.8. The number of aryl methyl sites for hydroxylation is 1. The minimum atomic E-state index is -0.682. The van der Waals surface area contributed by atoms with Crippen molar-refractivity contribution in [2.24, 2.45) is 0 Å². The number of carbonyl (C=O) groups is 4. The Labute approximate surface area is 232 Å². The van der Waals surface area contributed by atoms with Crippen LogP contribution in [0.4, 0.5) is 10.6 Å². The number of anilines is 1. The van der Waals surface area contributed by atoms with Gasteiger partial charge in [-0.1, -0.05) is 28.1 Å². The second-order valence-electron chi connectivity index (χ2n) is 9.98. The minimum Gasteiger partial charge on any atom is -0.469 e. The van der Waals surface area contributed by atoms with Crippen LogP contribution in [-0.4, -0.2) is 54.5 Å². The Morgan fingerprint density at radius 3 is 2.47 bits per heavy atom. The third-order valence-corrected chi connectivity index (χ3v) is 5.99. The molecule has 1 N–H and O–H groups in total. The van der Waals surface area contributed by atoms with Gasteiger partial charge in [-0.3, -0.25) is 19.3 Å². The van der Waals surface area contributed by atoms with Crippen LogP contribution >= 0.6 is 15.9 Å². The summed E-state index contributed by atoms with van der Waals surface area (Å²) in [7, 11) is 1.31. The van der Waals surface area contributed by atoms with E-state index in [0.29, 0.717) is 12.2 Å². The molecule has 0 saturated heterocycles. The number of nitrogens with zero attached hydrogens (tertiary/aromatic N) is 2. The van der Waals surface area contributed by atoms with Crippen LogP contribution in [0.3, 0.4) is 0 Å². The SMILES string of the molecule is COC(=O)C[C@H](CC(=O)CNC(=O)CCCN(C(=O)OC(C)(C)C)c1cc(C)ccn1)c1cccc(Br)c1. The van der Waals surface area contributed by atoms with E-state index in [4.69, 9.17) is 9.47 Å². The molecule has 206 valence electrons. The molecule has 2 aromatic rings. The lowest BCUT2D eigenvalue weighted by Crippen LogP contribution is -2.38. The number of carbonyl (C=O) groups excluding carboxylic acids is 4. The quantitative estimate of drug-likeness (QED) is 0.342. The molecule has 0 unspecified atom stereocenters. The lowest BCUT2D eigenvalue weighted by atomic mass is 9.90. The van der Waals surface area contributed by atoms with Crippen LogP contribution in [0.25, 0.3) is 0 Å². The van der Waals surface area contributed by atoms with Gasteiger partial charge >= 0.3 is 12.1 Å². The molecule has 0 aliphatic rings. The number of esters is 1. The van der Waals surface area contributed by atoms with E-state index in [9.17, 15) is 19.2 Å². The number of nitrogens with one attached hydrogen (secondary N) is 1. The highest BCUT2D eigenvalue weighted by Crippen LogP contribution is 2.27. The van der Waals surface area contributed by atoms with E-state index < -0.39 is 17.7 Å². The first kappa shape index (κ1) is 31.0. The number of pyridine rings is 1. The van der Waals surface area contributed by atoms with E-state index >= 15 is 0 Å². The third kappa shape index (κ3) is 11.0. The van der Waals surface area contributed by atoms with Gasteiger partial charge in [0.05, 0.1) is 20.1 Å².